The van der Waals surface area contributed by atoms with E-state index in [0.717, 1.165) is 35.0 Å². The van der Waals surface area contributed by atoms with E-state index in [1.54, 1.807) is 19.0 Å². The van der Waals surface area contributed by atoms with Gasteiger partial charge < -0.3 is 15.4 Å². The van der Waals surface area contributed by atoms with Gasteiger partial charge in [-0.25, -0.2) is 4.79 Å². The van der Waals surface area contributed by atoms with Crippen LogP contribution in [0.3, 0.4) is 0 Å². The summed E-state index contributed by atoms with van der Waals surface area (Å²) < 4.78 is 5.59. The first-order chi connectivity index (χ1) is 13.9. The number of benzene rings is 1. The summed E-state index contributed by atoms with van der Waals surface area (Å²) >= 11 is 0. The number of para-hydroxylation sites is 1. The molecule has 0 unspecified atom stereocenters. The molecule has 0 aliphatic heterocycles. The normalized spacial score (nSPS) is 10.9. The van der Waals surface area contributed by atoms with Gasteiger partial charge in [0.05, 0.1) is 11.1 Å². The van der Waals surface area contributed by atoms with Crippen LogP contribution < -0.4 is 10.6 Å². The number of carbonyl (C=O) groups is 1. The number of pyridine rings is 1. The number of aryl methyl sites for hydroxylation is 1. The SMILES string of the molecule is CCCc1nc2ccccc2c(C(=O)OCc2nc(N)nc(N(C)C)n2)c1CC. The number of esters is 1. The van der Waals surface area contributed by atoms with Crippen molar-refractivity contribution in [2.45, 2.75) is 39.7 Å². The molecule has 0 radical (unpaired) electrons. The highest BCUT2D eigenvalue weighted by Crippen LogP contribution is 2.26. The Balaban J connectivity index is 1.97. The van der Waals surface area contributed by atoms with Crippen molar-refractivity contribution in [1.29, 1.82) is 0 Å². The van der Waals surface area contributed by atoms with E-state index in [1.165, 1.54) is 0 Å². The van der Waals surface area contributed by atoms with Crippen LogP contribution in [0, 0.1) is 0 Å². The fraction of sp³-hybridized carbons (Fsp3) is 0.381. The molecule has 0 aliphatic rings. The quantitative estimate of drug-likeness (QED) is 0.610. The minimum atomic E-state index is -0.414. The van der Waals surface area contributed by atoms with Gasteiger partial charge >= 0.3 is 5.97 Å². The Morgan fingerprint density at radius 2 is 1.86 bits per heavy atom. The first kappa shape index (κ1) is 20.4. The molecule has 0 saturated heterocycles. The molecule has 1 aromatic carbocycles. The molecule has 29 heavy (non-hydrogen) atoms. The number of nitrogens with two attached hydrogens (primary N) is 1. The van der Waals surface area contributed by atoms with E-state index < -0.39 is 5.97 Å². The predicted octanol–water partition coefficient (Wildman–Crippen LogP) is 2.94. The molecule has 0 saturated carbocycles. The Morgan fingerprint density at radius 3 is 2.55 bits per heavy atom. The average molecular weight is 394 g/mol. The molecule has 0 spiro atoms. The van der Waals surface area contributed by atoms with Gasteiger partial charge in [0.15, 0.2) is 12.4 Å². The Labute approximate surface area is 170 Å². The molecule has 0 atom stereocenters. The summed E-state index contributed by atoms with van der Waals surface area (Å²) in [5, 5.41) is 0.790. The molecular weight excluding hydrogens is 368 g/mol. The van der Waals surface area contributed by atoms with E-state index in [-0.39, 0.29) is 12.6 Å². The number of rotatable bonds is 7. The minimum Gasteiger partial charge on any atom is -0.454 e. The Kier molecular flexibility index (Phi) is 6.21. The van der Waals surface area contributed by atoms with Crippen molar-refractivity contribution in [2.24, 2.45) is 0 Å². The van der Waals surface area contributed by atoms with Gasteiger partial charge in [-0.3, -0.25) is 4.98 Å². The van der Waals surface area contributed by atoms with Crippen molar-refractivity contribution in [2.75, 3.05) is 24.7 Å². The third-order valence-corrected chi connectivity index (χ3v) is 4.54. The zero-order valence-corrected chi connectivity index (χ0v) is 17.3. The number of hydrogen-bond acceptors (Lipinski definition) is 8. The minimum absolute atomic E-state index is 0.0867. The number of carbonyl (C=O) groups excluding carboxylic acids is 1. The van der Waals surface area contributed by atoms with Gasteiger partial charge in [0.25, 0.3) is 0 Å². The number of hydrogen-bond donors (Lipinski definition) is 1. The number of anilines is 2. The lowest BCUT2D eigenvalue weighted by atomic mass is 9.96. The lowest BCUT2D eigenvalue weighted by molar-refractivity contribution is 0.0463. The fourth-order valence-electron chi connectivity index (χ4n) is 3.25. The van der Waals surface area contributed by atoms with Crippen LogP contribution >= 0.6 is 0 Å². The molecule has 2 aromatic heterocycles. The molecule has 3 rings (SSSR count). The second-order valence-corrected chi connectivity index (χ2v) is 6.91. The van der Waals surface area contributed by atoms with Crippen LogP contribution in [0.2, 0.25) is 0 Å². The van der Waals surface area contributed by atoms with Crippen LogP contribution in [0.25, 0.3) is 10.9 Å². The third kappa shape index (κ3) is 4.42. The molecule has 0 bridgehead atoms. The van der Waals surface area contributed by atoms with Gasteiger partial charge in [-0.2, -0.15) is 15.0 Å². The fourth-order valence-corrected chi connectivity index (χ4v) is 3.25. The van der Waals surface area contributed by atoms with Crippen molar-refractivity contribution in [3.8, 4) is 0 Å². The van der Waals surface area contributed by atoms with Crippen LogP contribution in [0.5, 0.6) is 0 Å². The van der Waals surface area contributed by atoms with E-state index in [9.17, 15) is 4.79 Å². The Bertz CT molecular complexity index is 1040. The van der Waals surface area contributed by atoms with Crippen molar-refractivity contribution >= 4 is 28.8 Å². The van der Waals surface area contributed by atoms with Gasteiger partial charge in [0.1, 0.15) is 0 Å². The first-order valence-electron chi connectivity index (χ1n) is 9.69. The molecule has 152 valence electrons. The molecule has 8 nitrogen and oxygen atoms in total. The molecule has 0 fully saturated rings. The van der Waals surface area contributed by atoms with Crippen LogP contribution in [0.15, 0.2) is 24.3 Å². The second kappa shape index (κ2) is 8.81. The van der Waals surface area contributed by atoms with E-state index in [4.69, 9.17) is 15.5 Å². The highest BCUT2D eigenvalue weighted by atomic mass is 16.5. The van der Waals surface area contributed by atoms with E-state index in [2.05, 4.69) is 21.9 Å². The van der Waals surface area contributed by atoms with Crippen molar-refractivity contribution in [1.82, 2.24) is 19.9 Å². The third-order valence-electron chi connectivity index (χ3n) is 4.54. The summed E-state index contributed by atoms with van der Waals surface area (Å²) in [6, 6.07) is 7.64. The summed E-state index contributed by atoms with van der Waals surface area (Å²) in [7, 11) is 3.60. The zero-order valence-electron chi connectivity index (χ0n) is 17.3. The number of nitrogen functional groups attached to an aromatic ring is 1. The lowest BCUT2D eigenvalue weighted by Gasteiger charge is -2.15. The highest BCUT2D eigenvalue weighted by Gasteiger charge is 2.21. The van der Waals surface area contributed by atoms with Crippen molar-refractivity contribution in [3.05, 3.63) is 46.9 Å². The summed E-state index contributed by atoms with van der Waals surface area (Å²) in [4.78, 5) is 32.0. The van der Waals surface area contributed by atoms with Crippen molar-refractivity contribution < 1.29 is 9.53 Å². The summed E-state index contributed by atoms with van der Waals surface area (Å²) in [5.74, 6) is 0.393. The maximum atomic E-state index is 13.1. The van der Waals surface area contributed by atoms with E-state index >= 15 is 0 Å². The Hall–Kier alpha value is -3.29. The number of fused-ring (bicyclic) bond motifs is 1. The second-order valence-electron chi connectivity index (χ2n) is 6.91. The molecule has 3 aromatic rings. The molecular formula is C21H26N6O2. The number of ether oxygens (including phenoxy) is 1. The molecule has 0 amide bonds. The highest BCUT2D eigenvalue weighted by molar-refractivity contribution is 6.05. The van der Waals surface area contributed by atoms with Gasteiger partial charge in [-0.05, 0) is 24.5 Å². The maximum absolute atomic E-state index is 13.1. The molecule has 2 heterocycles. The van der Waals surface area contributed by atoms with Gasteiger partial charge in [0, 0.05) is 25.2 Å². The van der Waals surface area contributed by atoms with Crippen LogP contribution in [0.4, 0.5) is 11.9 Å². The number of nitrogens with zero attached hydrogens (tertiary/aromatic N) is 5. The summed E-state index contributed by atoms with van der Waals surface area (Å²) in [6.45, 7) is 4.04. The van der Waals surface area contributed by atoms with E-state index in [0.29, 0.717) is 23.8 Å². The van der Waals surface area contributed by atoms with Gasteiger partial charge in [-0.1, -0.05) is 38.5 Å². The summed E-state index contributed by atoms with van der Waals surface area (Å²) in [5.41, 5.74) is 8.98. The standard InChI is InChI=1S/C21H26N6O2/c1-5-9-15-13(6-2)18(14-10-7-8-11-16(14)23-15)19(28)29-12-17-24-20(22)26-21(25-17)27(3)4/h7-8,10-11H,5-6,9,12H2,1-4H3,(H2,22,24,25,26). The smallest absolute Gasteiger partial charge is 0.339 e. The average Bonchev–Trinajstić information content (AvgIpc) is 2.70. The van der Waals surface area contributed by atoms with Crippen molar-refractivity contribution in [3.63, 3.8) is 0 Å². The first-order valence-corrected chi connectivity index (χ1v) is 9.69. The molecule has 0 aliphatic carbocycles. The topological polar surface area (TPSA) is 107 Å². The van der Waals surface area contributed by atoms with Crippen LogP contribution in [-0.4, -0.2) is 40.0 Å². The Morgan fingerprint density at radius 1 is 1.10 bits per heavy atom. The van der Waals surface area contributed by atoms with Crippen LogP contribution in [0.1, 0.15) is 47.7 Å². The van der Waals surface area contributed by atoms with Crippen LogP contribution in [-0.2, 0) is 24.2 Å². The van der Waals surface area contributed by atoms with E-state index in [1.807, 2.05) is 31.2 Å². The van der Waals surface area contributed by atoms with Gasteiger partial charge in [0.2, 0.25) is 11.9 Å². The lowest BCUT2D eigenvalue weighted by Crippen LogP contribution is -2.18. The monoisotopic (exact) mass is 394 g/mol. The predicted molar refractivity (Wildman–Crippen MR) is 113 cm³/mol. The molecule has 2 N–H and O–H groups in total. The summed E-state index contributed by atoms with van der Waals surface area (Å²) in [6.07, 6.45) is 2.45. The maximum Gasteiger partial charge on any atom is 0.339 e. The molecule has 8 heteroatoms. The van der Waals surface area contributed by atoms with Gasteiger partial charge in [-0.15, -0.1) is 0 Å². The number of aromatic nitrogens is 4. The largest absolute Gasteiger partial charge is 0.454 e. The zero-order chi connectivity index (χ0) is 21.0.